The Morgan fingerprint density at radius 2 is 0.942 bits per heavy atom. The van der Waals surface area contributed by atoms with Gasteiger partial charge in [-0.3, -0.25) is 19.2 Å². The van der Waals surface area contributed by atoms with E-state index in [1.54, 1.807) is 9.80 Å². The van der Waals surface area contributed by atoms with Crippen LogP contribution in [-0.4, -0.2) is 123 Å². The van der Waals surface area contributed by atoms with Crippen molar-refractivity contribution < 1.29 is 43.0 Å². The number of anilines is 4. The fraction of sp³-hybridized carbons (Fsp3) is 0.538. The molecule has 69 heavy (non-hydrogen) atoms. The zero-order chi connectivity index (χ0) is 49.6. The first-order chi connectivity index (χ1) is 32.9. The number of benzene rings is 3. The highest BCUT2D eigenvalue weighted by Gasteiger charge is 2.44. The number of amides is 6. The number of methoxy groups -OCH3 is 2. The summed E-state index contributed by atoms with van der Waals surface area (Å²) in [5.74, 6) is -1.20. The molecular formula is C52H70N8O9. The van der Waals surface area contributed by atoms with Crippen LogP contribution in [0.3, 0.4) is 0 Å². The lowest BCUT2D eigenvalue weighted by molar-refractivity contribution is -0.140. The highest BCUT2D eigenvalue weighted by molar-refractivity contribution is 6.00. The number of hydrogen-bond donors (Lipinski definition) is 4. The van der Waals surface area contributed by atoms with Gasteiger partial charge in [-0.15, -0.1) is 0 Å². The van der Waals surface area contributed by atoms with Crippen LogP contribution in [0.15, 0.2) is 72.8 Å². The number of alkyl carbamates (subject to hydrolysis) is 2. The fourth-order valence-electron chi connectivity index (χ4n) is 10.1. The smallest absolute Gasteiger partial charge is 0.407 e. The minimum Gasteiger partial charge on any atom is -0.453 e. The second-order valence-electron chi connectivity index (χ2n) is 20.6. The topological polar surface area (TPSA) is 191 Å². The lowest BCUT2D eigenvalue weighted by atomic mass is 9.85. The van der Waals surface area contributed by atoms with Crippen molar-refractivity contribution in [1.29, 1.82) is 0 Å². The summed E-state index contributed by atoms with van der Waals surface area (Å²) < 4.78 is 15.2. The number of nitrogens with one attached hydrogen (secondary N) is 4. The summed E-state index contributed by atoms with van der Waals surface area (Å²) in [6.45, 7) is 15.0. The zero-order valence-electron chi connectivity index (χ0n) is 41.3. The molecule has 3 aromatic rings. The molecule has 4 aliphatic heterocycles. The number of ether oxygens (including phenoxy) is 3. The second-order valence-corrected chi connectivity index (χ2v) is 20.6. The standard InChI is InChI=1S/C52H70N8O9/c1-51(2,3)43(55-49(65)67-7)47(63)58-27-9-11-41(58)45(61)53-35-17-13-33(14-18-35)39-25-26-40(60(39)38-23-21-37(22-24-38)57-29-31-69-32-30-57)34-15-19-36(20-16-34)54-46(62)42-12-10-28-59(42)48(64)44(52(4,5)6)56-50(66)68-8/h13-24,39-44H,9-12,25-32H2,1-8H3,(H,53,61)(H,54,62)(H,55,65)(H,56,66)/t39-,40-,41-,42-,43+,44+/m0/s1. The Morgan fingerprint density at radius 1 is 0.551 bits per heavy atom. The van der Waals surface area contributed by atoms with Crippen LogP contribution in [0, 0.1) is 10.8 Å². The van der Waals surface area contributed by atoms with Gasteiger partial charge in [-0.2, -0.15) is 0 Å². The van der Waals surface area contributed by atoms with Gasteiger partial charge < -0.3 is 55.1 Å². The van der Waals surface area contributed by atoms with E-state index >= 15 is 0 Å². The molecule has 0 unspecified atom stereocenters. The zero-order valence-corrected chi connectivity index (χ0v) is 41.3. The molecule has 372 valence electrons. The molecule has 17 heteroatoms. The van der Waals surface area contributed by atoms with E-state index in [1.807, 2.05) is 65.8 Å². The summed E-state index contributed by atoms with van der Waals surface area (Å²) >= 11 is 0. The second kappa shape index (κ2) is 21.5. The first-order valence-corrected chi connectivity index (χ1v) is 24.2. The molecule has 4 fully saturated rings. The normalized spacial score (nSPS) is 21.6. The minimum atomic E-state index is -0.872. The van der Waals surface area contributed by atoms with Gasteiger partial charge in [0.05, 0.1) is 39.5 Å². The summed E-state index contributed by atoms with van der Waals surface area (Å²) in [6, 6.07) is 21.4. The fourth-order valence-corrected chi connectivity index (χ4v) is 10.1. The van der Waals surface area contributed by atoms with E-state index in [-0.39, 0.29) is 35.7 Å². The van der Waals surface area contributed by atoms with Gasteiger partial charge in [-0.1, -0.05) is 65.8 Å². The Bertz CT molecular complexity index is 2170. The highest BCUT2D eigenvalue weighted by atomic mass is 16.5. The van der Waals surface area contributed by atoms with Gasteiger partial charge in [0.1, 0.15) is 24.2 Å². The van der Waals surface area contributed by atoms with E-state index in [2.05, 4.69) is 79.6 Å². The molecule has 4 aliphatic rings. The maximum Gasteiger partial charge on any atom is 0.407 e. The Balaban J connectivity index is 1.07. The average molecular weight is 951 g/mol. The van der Waals surface area contributed by atoms with Crippen molar-refractivity contribution in [2.45, 2.75) is 116 Å². The van der Waals surface area contributed by atoms with Gasteiger partial charge >= 0.3 is 12.2 Å². The summed E-state index contributed by atoms with van der Waals surface area (Å²) in [7, 11) is 2.51. The largest absolute Gasteiger partial charge is 0.453 e. The number of rotatable bonds is 12. The van der Waals surface area contributed by atoms with E-state index < -0.39 is 47.2 Å². The predicted octanol–water partition coefficient (Wildman–Crippen LogP) is 7.01. The third kappa shape index (κ3) is 11.7. The number of carbonyl (C=O) groups is 6. The third-order valence-electron chi connectivity index (χ3n) is 13.8. The number of carbonyl (C=O) groups excluding carboxylic acids is 6. The van der Waals surface area contributed by atoms with Crippen LogP contribution < -0.4 is 31.1 Å². The van der Waals surface area contributed by atoms with Crippen molar-refractivity contribution in [3.05, 3.63) is 83.9 Å². The molecule has 4 saturated heterocycles. The molecule has 0 aromatic heterocycles. The summed E-state index contributed by atoms with van der Waals surface area (Å²) in [6.07, 6.45) is 2.67. The molecule has 7 rings (SSSR count). The summed E-state index contributed by atoms with van der Waals surface area (Å²) in [5.41, 5.74) is 4.39. The van der Waals surface area contributed by atoms with Crippen LogP contribution in [0.1, 0.15) is 103 Å². The van der Waals surface area contributed by atoms with Crippen molar-refractivity contribution in [3.8, 4) is 0 Å². The van der Waals surface area contributed by atoms with E-state index in [0.717, 1.165) is 48.4 Å². The van der Waals surface area contributed by atoms with Gasteiger partial charge in [0, 0.05) is 48.9 Å². The maximum atomic E-state index is 13.8. The Labute approximate surface area is 405 Å². The van der Waals surface area contributed by atoms with Crippen LogP contribution in [0.4, 0.5) is 32.3 Å². The number of morpholine rings is 1. The lowest BCUT2D eigenvalue weighted by Crippen LogP contribution is -2.57. The third-order valence-corrected chi connectivity index (χ3v) is 13.8. The van der Waals surface area contributed by atoms with Crippen molar-refractivity contribution in [3.63, 3.8) is 0 Å². The molecule has 4 heterocycles. The molecular weight excluding hydrogens is 881 g/mol. The number of nitrogens with zero attached hydrogens (tertiary/aromatic N) is 4. The van der Waals surface area contributed by atoms with E-state index in [1.165, 1.54) is 14.2 Å². The molecule has 0 bridgehead atoms. The van der Waals surface area contributed by atoms with E-state index in [4.69, 9.17) is 14.2 Å². The van der Waals surface area contributed by atoms with Gasteiger partial charge in [0.15, 0.2) is 0 Å². The van der Waals surface area contributed by atoms with Crippen molar-refractivity contribution in [2.24, 2.45) is 10.8 Å². The van der Waals surface area contributed by atoms with Crippen LogP contribution in [0.2, 0.25) is 0 Å². The molecule has 0 radical (unpaired) electrons. The van der Waals surface area contributed by atoms with Crippen LogP contribution in [-0.2, 0) is 33.4 Å². The Morgan fingerprint density at radius 3 is 1.32 bits per heavy atom. The molecule has 0 aliphatic carbocycles. The molecule has 6 amide bonds. The van der Waals surface area contributed by atoms with Crippen molar-refractivity contribution in [1.82, 2.24) is 20.4 Å². The van der Waals surface area contributed by atoms with Crippen molar-refractivity contribution in [2.75, 3.05) is 74.0 Å². The summed E-state index contributed by atoms with van der Waals surface area (Å²) in [4.78, 5) is 87.5. The number of hydrogen-bond acceptors (Lipinski definition) is 11. The number of likely N-dealkylation sites (tertiary alicyclic amines) is 2. The van der Waals surface area contributed by atoms with Crippen LogP contribution in [0.25, 0.3) is 0 Å². The van der Waals surface area contributed by atoms with Crippen LogP contribution in [0.5, 0.6) is 0 Å². The first kappa shape index (κ1) is 50.5. The first-order valence-electron chi connectivity index (χ1n) is 24.2. The monoisotopic (exact) mass is 951 g/mol. The van der Waals surface area contributed by atoms with Gasteiger partial charge in [0.2, 0.25) is 23.6 Å². The van der Waals surface area contributed by atoms with Crippen molar-refractivity contribution >= 4 is 58.6 Å². The predicted molar refractivity (Wildman–Crippen MR) is 264 cm³/mol. The SMILES string of the molecule is COC(=O)N[C@H](C(=O)N1CCC[C@H]1C(=O)Nc1ccc([C@@H]2CC[C@@H](c3ccc(NC(=O)[C@@H]4CCCN4C(=O)[C@@H](NC(=O)OC)C(C)(C)C)cc3)N2c2ccc(N3CCOCC3)cc2)cc1)C(C)(C)C. The molecule has 3 aromatic carbocycles. The van der Waals surface area contributed by atoms with E-state index in [9.17, 15) is 28.8 Å². The van der Waals surface area contributed by atoms with Gasteiger partial charge in [-0.05, 0) is 109 Å². The molecule has 17 nitrogen and oxygen atoms in total. The van der Waals surface area contributed by atoms with E-state index in [0.29, 0.717) is 63.4 Å². The summed E-state index contributed by atoms with van der Waals surface area (Å²) in [5, 5.41) is 11.5. The average Bonchev–Trinajstić information content (AvgIpc) is 4.13. The van der Waals surface area contributed by atoms with Gasteiger partial charge in [-0.25, -0.2) is 9.59 Å². The molecule has 4 N–H and O–H groups in total. The highest BCUT2D eigenvalue weighted by Crippen LogP contribution is 2.47. The maximum absolute atomic E-state index is 13.8. The Hall–Kier alpha value is -6.36. The molecule has 0 spiro atoms. The lowest BCUT2D eigenvalue weighted by Gasteiger charge is -2.35. The van der Waals surface area contributed by atoms with Gasteiger partial charge in [0.25, 0.3) is 0 Å². The van der Waals surface area contributed by atoms with Crippen LogP contribution >= 0.6 is 0 Å². The quantitative estimate of drug-likeness (QED) is 0.146. The molecule has 0 saturated carbocycles. The molecule has 6 atom stereocenters. The Kier molecular flexibility index (Phi) is 15.8. The minimum absolute atomic E-state index is 0.00411.